The van der Waals surface area contributed by atoms with Crippen molar-refractivity contribution in [2.45, 2.75) is 19.9 Å². The van der Waals surface area contributed by atoms with Gasteiger partial charge in [-0.1, -0.05) is 30.7 Å². The van der Waals surface area contributed by atoms with E-state index < -0.39 is 0 Å². The van der Waals surface area contributed by atoms with Crippen molar-refractivity contribution in [1.29, 1.82) is 0 Å². The van der Waals surface area contributed by atoms with Gasteiger partial charge in [-0.3, -0.25) is 14.5 Å². The molecule has 0 aliphatic rings. The van der Waals surface area contributed by atoms with Crippen molar-refractivity contribution in [3.63, 3.8) is 0 Å². The number of likely N-dealkylation sites (N-methyl/N-ethyl adjacent to an activating group) is 1. The lowest BCUT2D eigenvalue weighted by atomic mass is 10.2. The maximum Gasteiger partial charge on any atom is 0.239 e. The zero-order chi connectivity index (χ0) is 15.7. The molecule has 2 amide bonds. The van der Waals surface area contributed by atoms with Crippen molar-refractivity contribution in [3.8, 4) is 0 Å². The van der Waals surface area contributed by atoms with Crippen LogP contribution in [0.4, 0.5) is 0 Å². The smallest absolute Gasteiger partial charge is 0.239 e. The predicted octanol–water partition coefficient (Wildman–Crippen LogP) is 1.41. The average Bonchev–Trinajstić information content (AvgIpc) is 2.42. The SMILES string of the molecule is CCCNC(=O)CNC(=O)CN(C)Cc1cccc(Cl)c1. The highest BCUT2D eigenvalue weighted by Gasteiger charge is 2.09. The van der Waals surface area contributed by atoms with Crippen LogP contribution < -0.4 is 10.6 Å². The molecule has 1 rings (SSSR count). The van der Waals surface area contributed by atoms with E-state index in [1.165, 1.54) is 0 Å². The minimum absolute atomic E-state index is 0.0177. The Balaban J connectivity index is 2.29. The molecule has 21 heavy (non-hydrogen) atoms. The molecule has 6 heteroatoms. The number of carbonyl (C=O) groups excluding carboxylic acids is 2. The van der Waals surface area contributed by atoms with Crippen LogP contribution in [0.15, 0.2) is 24.3 Å². The van der Waals surface area contributed by atoms with Crippen LogP contribution in [-0.2, 0) is 16.1 Å². The third-order valence-electron chi connectivity index (χ3n) is 2.77. The number of rotatable bonds is 8. The van der Waals surface area contributed by atoms with E-state index in [4.69, 9.17) is 11.6 Å². The third-order valence-corrected chi connectivity index (χ3v) is 3.01. The summed E-state index contributed by atoms with van der Waals surface area (Å²) in [7, 11) is 1.84. The van der Waals surface area contributed by atoms with Gasteiger partial charge in [-0.15, -0.1) is 0 Å². The van der Waals surface area contributed by atoms with Crippen molar-refractivity contribution in [2.24, 2.45) is 0 Å². The van der Waals surface area contributed by atoms with E-state index >= 15 is 0 Å². The monoisotopic (exact) mass is 311 g/mol. The van der Waals surface area contributed by atoms with Crippen molar-refractivity contribution < 1.29 is 9.59 Å². The number of hydrogen-bond donors (Lipinski definition) is 2. The zero-order valence-electron chi connectivity index (χ0n) is 12.5. The fourth-order valence-corrected chi connectivity index (χ4v) is 2.02. The highest BCUT2D eigenvalue weighted by molar-refractivity contribution is 6.30. The van der Waals surface area contributed by atoms with E-state index in [1.54, 1.807) is 0 Å². The van der Waals surface area contributed by atoms with E-state index in [0.29, 0.717) is 18.1 Å². The molecule has 0 bridgehead atoms. The van der Waals surface area contributed by atoms with Crippen LogP contribution in [-0.4, -0.2) is 43.4 Å². The van der Waals surface area contributed by atoms with Gasteiger partial charge in [-0.2, -0.15) is 0 Å². The number of nitrogens with one attached hydrogen (secondary N) is 2. The van der Waals surface area contributed by atoms with Crippen LogP contribution in [0.5, 0.6) is 0 Å². The summed E-state index contributed by atoms with van der Waals surface area (Å²) in [4.78, 5) is 25.0. The molecule has 0 fully saturated rings. The lowest BCUT2D eigenvalue weighted by Crippen LogP contribution is -2.41. The number of amides is 2. The van der Waals surface area contributed by atoms with Gasteiger partial charge in [-0.25, -0.2) is 0 Å². The fraction of sp³-hybridized carbons (Fsp3) is 0.467. The first-order chi connectivity index (χ1) is 10.0. The fourth-order valence-electron chi connectivity index (χ4n) is 1.81. The quantitative estimate of drug-likeness (QED) is 0.763. The summed E-state index contributed by atoms with van der Waals surface area (Å²) in [6, 6.07) is 7.52. The Morgan fingerprint density at radius 3 is 2.67 bits per heavy atom. The lowest BCUT2D eigenvalue weighted by molar-refractivity contribution is -0.126. The number of benzene rings is 1. The van der Waals surface area contributed by atoms with Gasteiger partial charge in [0.15, 0.2) is 0 Å². The first kappa shape index (κ1) is 17.5. The maximum atomic E-state index is 11.7. The molecule has 0 aromatic heterocycles. The van der Waals surface area contributed by atoms with Crippen LogP contribution in [0.25, 0.3) is 0 Å². The molecular formula is C15H22ClN3O2. The summed E-state index contributed by atoms with van der Waals surface area (Å²) >= 11 is 5.92. The first-order valence-corrected chi connectivity index (χ1v) is 7.35. The largest absolute Gasteiger partial charge is 0.355 e. The summed E-state index contributed by atoms with van der Waals surface area (Å²) in [6.07, 6.45) is 0.877. The summed E-state index contributed by atoms with van der Waals surface area (Å²) in [6.45, 7) is 3.47. The number of hydrogen-bond acceptors (Lipinski definition) is 3. The molecule has 0 aliphatic heterocycles. The van der Waals surface area contributed by atoms with Gasteiger partial charge >= 0.3 is 0 Å². The Bertz CT molecular complexity index is 480. The molecular weight excluding hydrogens is 290 g/mol. The number of halogens is 1. The Hall–Kier alpha value is -1.59. The highest BCUT2D eigenvalue weighted by Crippen LogP contribution is 2.11. The first-order valence-electron chi connectivity index (χ1n) is 6.97. The van der Waals surface area contributed by atoms with Gasteiger partial charge < -0.3 is 10.6 Å². The molecule has 5 nitrogen and oxygen atoms in total. The number of carbonyl (C=O) groups is 2. The molecule has 116 valence electrons. The van der Waals surface area contributed by atoms with E-state index in [9.17, 15) is 9.59 Å². The summed E-state index contributed by atoms with van der Waals surface area (Å²) in [5.41, 5.74) is 1.04. The van der Waals surface area contributed by atoms with Crippen molar-refractivity contribution >= 4 is 23.4 Å². The third kappa shape index (κ3) is 7.68. The minimum atomic E-state index is -0.175. The summed E-state index contributed by atoms with van der Waals surface area (Å²) < 4.78 is 0. The topological polar surface area (TPSA) is 61.4 Å². The average molecular weight is 312 g/mol. The Morgan fingerprint density at radius 1 is 1.24 bits per heavy atom. The highest BCUT2D eigenvalue weighted by atomic mass is 35.5. The molecule has 1 aromatic rings. The molecule has 0 heterocycles. The maximum absolute atomic E-state index is 11.7. The van der Waals surface area contributed by atoms with E-state index in [0.717, 1.165) is 12.0 Å². The second kappa shape index (κ2) is 9.37. The van der Waals surface area contributed by atoms with Crippen LogP contribution in [0.1, 0.15) is 18.9 Å². The molecule has 2 N–H and O–H groups in total. The van der Waals surface area contributed by atoms with E-state index in [2.05, 4.69) is 10.6 Å². The molecule has 0 radical (unpaired) electrons. The molecule has 0 spiro atoms. The van der Waals surface area contributed by atoms with Crippen LogP contribution in [0, 0.1) is 0 Å². The van der Waals surface area contributed by atoms with Gasteiger partial charge in [0.25, 0.3) is 0 Å². The Kier molecular flexibility index (Phi) is 7.79. The van der Waals surface area contributed by atoms with Gasteiger partial charge in [-0.05, 0) is 31.2 Å². The van der Waals surface area contributed by atoms with Crippen molar-refractivity contribution in [3.05, 3.63) is 34.9 Å². The van der Waals surface area contributed by atoms with E-state index in [1.807, 2.05) is 43.1 Å². The number of nitrogens with zero attached hydrogens (tertiary/aromatic N) is 1. The van der Waals surface area contributed by atoms with Crippen molar-refractivity contribution in [1.82, 2.24) is 15.5 Å². The molecule has 0 saturated heterocycles. The van der Waals surface area contributed by atoms with E-state index in [-0.39, 0.29) is 24.9 Å². The summed E-state index contributed by atoms with van der Waals surface area (Å²) in [5, 5.41) is 5.98. The molecule has 1 aromatic carbocycles. The molecule has 0 atom stereocenters. The normalized spacial score (nSPS) is 10.5. The van der Waals surface area contributed by atoms with Crippen LogP contribution in [0.3, 0.4) is 0 Å². The lowest BCUT2D eigenvalue weighted by Gasteiger charge is -2.16. The van der Waals surface area contributed by atoms with Gasteiger partial charge in [0.2, 0.25) is 11.8 Å². The van der Waals surface area contributed by atoms with Crippen molar-refractivity contribution in [2.75, 3.05) is 26.7 Å². The second-order valence-electron chi connectivity index (χ2n) is 4.93. The summed E-state index contributed by atoms with van der Waals surface area (Å²) in [5.74, 6) is -0.339. The van der Waals surface area contributed by atoms with Gasteiger partial charge in [0.05, 0.1) is 13.1 Å². The predicted molar refractivity (Wildman–Crippen MR) is 84.1 cm³/mol. The zero-order valence-corrected chi connectivity index (χ0v) is 13.2. The second-order valence-corrected chi connectivity index (χ2v) is 5.37. The Morgan fingerprint density at radius 2 is 2.00 bits per heavy atom. The van der Waals surface area contributed by atoms with Crippen LogP contribution in [0.2, 0.25) is 5.02 Å². The molecule has 0 saturated carbocycles. The van der Waals surface area contributed by atoms with Gasteiger partial charge in [0.1, 0.15) is 0 Å². The minimum Gasteiger partial charge on any atom is -0.355 e. The van der Waals surface area contributed by atoms with Gasteiger partial charge in [0, 0.05) is 18.1 Å². The molecule has 0 unspecified atom stereocenters. The Labute approximate surface area is 130 Å². The van der Waals surface area contributed by atoms with Crippen LogP contribution >= 0.6 is 11.6 Å². The standard InChI is InChI=1S/C15H22ClN3O2/c1-3-7-17-14(20)9-18-15(21)11-19(2)10-12-5-4-6-13(16)8-12/h4-6,8H,3,7,9-11H2,1-2H3,(H,17,20)(H,18,21). The molecule has 0 aliphatic carbocycles.